The summed E-state index contributed by atoms with van der Waals surface area (Å²) in [7, 11) is 0. The molecule has 11 heavy (non-hydrogen) atoms. The van der Waals surface area contributed by atoms with Crippen LogP contribution in [-0.4, -0.2) is 22.2 Å². The third-order valence-electron chi connectivity index (χ3n) is 0.939. The van der Waals surface area contributed by atoms with Gasteiger partial charge >= 0.3 is 5.97 Å². The maximum Gasteiger partial charge on any atom is 0.360 e. The van der Waals surface area contributed by atoms with E-state index in [1.165, 1.54) is 0 Å². The molecule has 0 radical (unpaired) electrons. The van der Waals surface area contributed by atoms with E-state index in [1.54, 1.807) is 6.92 Å². The number of nitrogens with zero attached hydrogens (tertiary/aromatic N) is 2. The molecule has 1 rings (SSSR count). The van der Waals surface area contributed by atoms with Crippen molar-refractivity contribution >= 4 is 30.1 Å². The Labute approximate surface area is 73.1 Å². The number of ether oxygens (including phenoxy) is 1. The predicted molar refractivity (Wildman–Crippen MR) is 43.1 cm³/mol. The first-order valence-electron chi connectivity index (χ1n) is 2.94. The monoisotopic (exact) mass is 190 g/mol. The fourth-order valence-electron chi connectivity index (χ4n) is 0.514. The number of rotatable bonds is 2. The van der Waals surface area contributed by atoms with E-state index in [2.05, 4.69) is 27.0 Å². The van der Waals surface area contributed by atoms with Gasteiger partial charge in [0.1, 0.15) is 4.21 Å². The van der Waals surface area contributed by atoms with Gasteiger partial charge in [0.2, 0.25) is 0 Å². The molecule has 0 unspecified atom stereocenters. The highest BCUT2D eigenvalue weighted by atomic mass is 32.2. The second-order valence-corrected chi connectivity index (χ2v) is 3.15. The summed E-state index contributed by atoms with van der Waals surface area (Å²) in [4.78, 5) is 11.0. The SMILES string of the molecule is CCOC(=O)c1nnsc1S. The Morgan fingerprint density at radius 2 is 2.55 bits per heavy atom. The van der Waals surface area contributed by atoms with Gasteiger partial charge in [-0.05, 0) is 18.5 Å². The van der Waals surface area contributed by atoms with Crippen molar-refractivity contribution in [1.82, 2.24) is 9.59 Å². The fourth-order valence-corrected chi connectivity index (χ4v) is 1.17. The van der Waals surface area contributed by atoms with Crippen LogP contribution in [0.25, 0.3) is 0 Å². The quantitative estimate of drug-likeness (QED) is 0.558. The van der Waals surface area contributed by atoms with E-state index < -0.39 is 5.97 Å². The average molecular weight is 190 g/mol. The van der Waals surface area contributed by atoms with Gasteiger partial charge in [0, 0.05) is 0 Å². The molecule has 0 aliphatic heterocycles. The molecule has 4 nitrogen and oxygen atoms in total. The maximum atomic E-state index is 11.0. The van der Waals surface area contributed by atoms with Gasteiger partial charge in [0.25, 0.3) is 0 Å². The molecule has 0 fully saturated rings. The van der Waals surface area contributed by atoms with Crippen LogP contribution in [0.4, 0.5) is 0 Å². The Kier molecular flexibility index (Phi) is 2.84. The molecule has 1 heterocycles. The number of carbonyl (C=O) groups excluding carboxylic acids is 1. The normalized spacial score (nSPS) is 9.64. The highest BCUT2D eigenvalue weighted by Crippen LogP contribution is 2.15. The molecule has 0 N–H and O–H groups in total. The van der Waals surface area contributed by atoms with Crippen molar-refractivity contribution < 1.29 is 9.53 Å². The van der Waals surface area contributed by atoms with Crippen molar-refractivity contribution in [3.8, 4) is 0 Å². The van der Waals surface area contributed by atoms with E-state index in [-0.39, 0.29) is 5.69 Å². The van der Waals surface area contributed by atoms with Crippen LogP contribution in [0.2, 0.25) is 0 Å². The Morgan fingerprint density at radius 1 is 1.82 bits per heavy atom. The van der Waals surface area contributed by atoms with Crippen LogP contribution in [0.1, 0.15) is 17.4 Å². The van der Waals surface area contributed by atoms with Crippen molar-refractivity contribution in [2.45, 2.75) is 11.1 Å². The number of hydrogen-bond donors (Lipinski definition) is 1. The lowest BCUT2D eigenvalue weighted by molar-refractivity contribution is 0.0515. The maximum absolute atomic E-state index is 11.0. The largest absolute Gasteiger partial charge is 0.461 e. The number of aromatic nitrogens is 2. The van der Waals surface area contributed by atoms with Crippen LogP contribution in [0.5, 0.6) is 0 Å². The number of carbonyl (C=O) groups is 1. The van der Waals surface area contributed by atoms with E-state index >= 15 is 0 Å². The Hall–Kier alpha value is -0.620. The van der Waals surface area contributed by atoms with Gasteiger partial charge in [-0.3, -0.25) is 0 Å². The van der Waals surface area contributed by atoms with E-state index in [0.717, 1.165) is 11.5 Å². The fraction of sp³-hybridized carbons (Fsp3) is 0.400. The van der Waals surface area contributed by atoms with Gasteiger partial charge in [-0.15, -0.1) is 17.7 Å². The van der Waals surface area contributed by atoms with E-state index in [0.29, 0.717) is 10.8 Å². The minimum absolute atomic E-state index is 0.195. The van der Waals surface area contributed by atoms with Gasteiger partial charge in [-0.25, -0.2) is 4.79 Å². The molecule has 0 aliphatic rings. The summed E-state index contributed by atoms with van der Waals surface area (Å²) in [5, 5.41) is 3.55. The number of hydrogen-bond acceptors (Lipinski definition) is 6. The molecule has 0 spiro atoms. The summed E-state index contributed by atoms with van der Waals surface area (Å²) in [6.07, 6.45) is 0. The Bertz CT molecular complexity index is 261. The Morgan fingerprint density at radius 3 is 3.00 bits per heavy atom. The highest BCUT2D eigenvalue weighted by Gasteiger charge is 2.14. The Balaban J connectivity index is 2.76. The van der Waals surface area contributed by atoms with E-state index in [9.17, 15) is 4.79 Å². The molecule has 6 heteroatoms. The average Bonchev–Trinajstić information content (AvgIpc) is 2.36. The zero-order chi connectivity index (χ0) is 8.27. The third-order valence-corrected chi connectivity index (χ3v) is 1.93. The second-order valence-electron chi connectivity index (χ2n) is 1.65. The molecule has 0 saturated heterocycles. The smallest absolute Gasteiger partial charge is 0.360 e. The summed E-state index contributed by atoms with van der Waals surface area (Å²) < 4.78 is 8.71. The lowest BCUT2D eigenvalue weighted by atomic mass is 10.5. The van der Waals surface area contributed by atoms with Crippen molar-refractivity contribution in [3.05, 3.63) is 5.69 Å². The minimum Gasteiger partial charge on any atom is -0.461 e. The molecule has 1 aromatic heterocycles. The molecule has 60 valence electrons. The molecule has 0 saturated carbocycles. The first-order chi connectivity index (χ1) is 5.25. The van der Waals surface area contributed by atoms with Crippen LogP contribution < -0.4 is 0 Å². The van der Waals surface area contributed by atoms with Gasteiger partial charge in [-0.1, -0.05) is 4.49 Å². The zero-order valence-electron chi connectivity index (χ0n) is 5.77. The van der Waals surface area contributed by atoms with Crippen molar-refractivity contribution in [1.29, 1.82) is 0 Å². The van der Waals surface area contributed by atoms with Gasteiger partial charge in [0.15, 0.2) is 5.69 Å². The van der Waals surface area contributed by atoms with Crippen LogP contribution in [0.3, 0.4) is 0 Å². The van der Waals surface area contributed by atoms with Crippen LogP contribution in [0, 0.1) is 0 Å². The van der Waals surface area contributed by atoms with Crippen molar-refractivity contribution in [2.24, 2.45) is 0 Å². The van der Waals surface area contributed by atoms with E-state index in [4.69, 9.17) is 0 Å². The molecule has 1 aromatic rings. The lowest BCUT2D eigenvalue weighted by Gasteiger charge is -1.95. The molecule has 0 bridgehead atoms. The second kappa shape index (κ2) is 3.68. The predicted octanol–water partition coefficient (Wildman–Crippen LogP) is 1.00. The van der Waals surface area contributed by atoms with Crippen LogP contribution >= 0.6 is 24.2 Å². The van der Waals surface area contributed by atoms with Crippen molar-refractivity contribution in [2.75, 3.05) is 6.61 Å². The summed E-state index contributed by atoms with van der Waals surface area (Å²) >= 11 is 5.03. The third kappa shape index (κ3) is 1.90. The number of esters is 1. The molecular formula is C5H6N2O2S2. The molecular weight excluding hydrogens is 184 g/mol. The first-order valence-corrected chi connectivity index (χ1v) is 4.16. The summed E-state index contributed by atoms with van der Waals surface area (Å²) in [6.45, 7) is 2.07. The standard InChI is InChI=1S/C5H6N2O2S2/c1-2-9-4(8)3-5(10)11-7-6-3/h10H,2H2,1H3. The van der Waals surface area contributed by atoms with Crippen LogP contribution in [-0.2, 0) is 4.74 Å². The van der Waals surface area contributed by atoms with Gasteiger partial charge < -0.3 is 4.74 Å². The molecule has 0 aliphatic carbocycles. The summed E-state index contributed by atoms with van der Waals surface area (Å²) in [5.41, 5.74) is 0.195. The highest BCUT2D eigenvalue weighted by molar-refractivity contribution is 7.82. The number of thiol groups is 1. The first kappa shape index (κ1) is 8.48. The topological polar surface area (TPSA) is 52.1 Å². The van der Waals surface area contributed by atoms with Crippen molar-refractivity contribution in [3.63, 3.8) is 0 Å². The minimum atomic E-state index is -0.466. The molecule has 0 atom stereocenters. The van der Waals surface area contributed by atoms with Crippen LogP contribution in [0.15, 0.2) is 4.21 Å². The summed E-state index contributed by atoms with van der Waals surface area (Å²) in [5.74, 6) is -0.466. The van der Waals surface area contributed by atoms with E-state index in [1.807, 2.05) is 0 Å². The summed E-state index contributed by atoms with van der Waals surface area (Å²) in [6, 6.07) is 0. The lowest BCUT2D eigenvalue weighted by Crippen LogP contribution is -2.05. The molecule has 0 amide bonds. The zero-order valence-corrected chi connectivity index (χ0v) is 7.48. The van der Waals surface area contributed by atoms with Gasteiger partial charge in [-0.2, -0.15) is 0 Å². The van der Waals surface area contributed by atoms with Gasteiger partial charge in [0.05, 0.1) is 6.61 Å². The molecule has 0 aromatic carbocycles.